The largest absolute Gasteiger partial charge is 0.486 e. The molecule has 1 aromatic carbocycles. The van der Waals surface area contributed by atoms with Crippen molar-refractivity contribution in [1.82, 2.24) is 9.88 Å². The van der Waals surface area contributed by atoms with Crippen LogP contribution >= 0.6 is 11.3 Å². The fraction of sp³-hybridized carbons (Fsp3) is 0.591. The first-order chi connectivity index (χ1) is 12.6. The van der Waals surface area contributed by atoms with E-state index < -0.39 is 0 Å². The van der Waals surface area contributed by atoms with Crippen molar-refractivity contribution in [1.29, 1.82) is 0 Å². The molecule has 0 saturated heterocycles. The zero-order valence-electron chi connectivity index (χ0n) is 16.8. The summed E-state index contributed by atoms with van der Waals surface area (Å²) in [5.41, 5.74) is 2.42. The Morgan fingerprint density at radius 1 is 1.12 bits per heavy atom. The molecule has 0 saturated carbocycles. The van der Waals surface area contributed by atoms with Gasteiger partial charge < -0.3 is 4.74 Å². The molecule has 2 aromatic rings. The van der Waals surface area contributed by atoms with Gasteiger partial charge in [0.25, 0.3) is 0 Å². The van der Waals surface area contributed by atoms with Gasteiger partial charge >= 0.3 is 0 Å². The third-order valence-electron chi connectivity index (χ3n) is 4.32. The Hall–Kier alpha value is -1.39. The van der Waals surface area contributed by atoms with Crippen molar-refractivity contribution in [2.45, 2.75) is 66.5 Å². The predicted octanol–water partition coefficient (Wildman–Crippen LogP) is 6.07. The smallest absolute Gasteiger partial charge is 0.140 e. The minimum Gasteiger partial charge on any atom is -0.486 e. The Kier molecular flexibility index (Phi) is 9.13. The Bertz CT molecular complexity index is 621. The minimum atomic E-state index is 0.550. The lowest BCUT2D eigenvalue weighted by molar-refractivity contribution is 0.228. The van der Waals surface area contributed by atoms with Gasteiger partial charge in [-0.2, -0.15) is 0 Å². The first kappa shape index (κ1) is 20.9. The van der Waals surface area contributed by atoms with Crippen LogP contribution in [0.25, 0.3) is 0 Å². The number of benzene rings is 1. The third kappa shape index (κ3) is 7.88. The number of rotatable bonds is 12. The zero-order valence-corrected chi connectivity index (χ0v) is 17.6. The second kappa shape index (κ2) is 11.3. The van der Waals surface area contributed by atoms with Crippen LogP contribution in [0.4, 0.5) is 0 Å². The lowest BCUT2D eigenvalue weighted by Crippen LogP contribution is -2.28. The summed E-state index contributed by atoms with van der Waals surface area (Å²) in [6.45, 7) is 12.7. The van der Waals surface area contributed by atoms with Crippen LogP contribution in [0.3, 0.4) is 0 Å². The monoisotopic (exact) mass is 374 g/mol. The first-order valence-electron chi connectivity index (χ1n) is 9.92. The van der Waals surface area contributed by atoms with Crippen molar-refractivity contribution in [2.24, 2.45) is 5.92 Å². The van der Waals surface area contributed by atoms with Gasteiger partial charge in [-0.1, -0.05) is 57.7 Å². The van der Waals surface area contributed by atoms with Gasteiger partial charge in [0.15, 0.2) is 0 Å². The summed E-state index contributed by atoms with van der Waals surface area (Å²) in [5.74, 6) is 1.59. The van der Waals surface area contributed by atoms with Crippen LogP contribution in [0.5, 0.6) is 5.75 Å². The number of ether oxygens (including phenoxy) is 1. The van der Waals surface area contributed by atoms with Gasteiger partial charge in [0.1, 0.15) is 17.4 Å². The highest BCUT2D eigenvalue weighted by atomic mass is 32.1. The summed E-state index contributed by atoms with van der Waals surface area (Å²) >= 11 is 1.70. The van der Waals surface area contributed by atoms with E-state index in [-0.39, 0.29) is 0 Å². The van der Waals surface area contributed by atoms with E-state index in [0.717, 1.165) is 23.8 Å². The molecule has 2 rings (SSSR count). The Balaban J connectivity index is 1.83. The zero-order chi connectivity index (χ0) is 18.8. The molecule has 26 heavy (non-hydrogen) atoms. The van der Waals surface area contributed by atoms with E-state index in [4.69, 9.17) is 9.72 Å². The maximum Gasteiger partial charge on any atom is 0.140 e. The van der Waals surface area contributed by atoms with E-state index in [1.54, 1.807) is 11.3 Å². The lowest BCUT2D eigenvalue weighted by atomic mass is 10.1. The highest BCUT2D eigenvalue weighted by Crippen LogP contribution is 2.17. The molecule has 0 aliphatic rings. The minimum absolute atomic E-state index is 0.550. The fourth-order valence-electron chi connectivity index (χ4n) is 3.01. The summed E-state index contributed by atoms with van der Waals surface area (Å²) < 4.78 is 5.86. The highest BCUT2D eigenvalue weighted by molar-refractivity contribution is 7.09. The second-order valence-corrected chi connectivity index (χ2v) is 8.47. The van der Waals surface area contributed by atoms with Crippen molar-refractivity contribution >= 4 is 11.3 Å². The van der Waals surface area contributed by atoms with E-state index in [2.05, 4.69) is 50.1 Å². The molecule has 0 amide bonds. The average Bonchev–Trinajstić information content (AvgIpc) is 3.05. The molecule has 0 fully saturated rings. The molecule has 0 aliphatic heterocycles. The van der Waals surface area contributed by atoms with Crippen LogP contribution in [0.2, 0.25) is 0 Å². The summed E-state index contributed by atoms with van der Waals surface area (Å²) in [6.07, 6.45) is 5.25. The molecular formula is C22H34N2OS. The van der Waals surface area contributed by atoms with Crippen molar-refractivity contribution in [2.75, 3.05) is 13.1 Å². The van der Waals surface area contributed by atoms with Gasteiger partial charge in [0, 0.05) is 18.5 Å². The number of hydrogen-bond donors (Lipinski definition) is 0. The van der Waals surface area contributed by atoms with Crippen LogP contribution in [-0.4, -0.2) is 23.0 Å². The fourth-order valence-corrected chi connectivity index (χ4v) is 3.71. The summed E-state index contributed by atoms with van der Waals surface area (Å²) in [6, 6.07) is 8.19. The molecule has 0 bridgehead atoms. The van der Waals surface area contributed by atoms with E-state index in [9.17, 15) is 0 Å². The Morgan fingerprint density at radius 3 is 2.58 bits per heavy atom. The molecule has 1 heterocycles. The number of thiazole rings is 1. The van der Waals surface area contributed by atoms with Crippen LogP contribution < -0.4 is 4.74 Å². The number of aryl methyl sites for hydroxylation is 1. The lowest BCUT2D eigenvalue weighted by Gasteiger charge is -2.23. The molecule has 0 spiro atoms. The van der Waals surface area contributed by atoms with Gasteiger partial charge in [0.05, 0.1) is 5.69 Å². The summed E-state index contributed by atoms with van der Waals surface area (Å²) in [4.78, 5) is 7.34. The van der Waals surface area contributed by atoms with Crippen LogP contribution in [0.1, 0.15) is 62.7 Å². The van der Waals surface area contributed by atoms with Gasteiger partial charge in [0.2, 0.25) is 0 Å². The van der Waals surface area contributed by atoms with E-state index in [1.165, 1.54) is 43.5 Å². The maximum absolute atomic E-state index is 5.86. The number of unbranched alkanes of at least 4 members (excludes halogenated alkanes) is 3. The van der Waals surface area contributed by atoms with Gasteiger partial charge in [-0.25, -0.2) is 4.98 Å². The van der Waals surface area contributed by atoms with Gasteiger partial charge in [-0.15, -0.1) is 11.3 Å². The predicted molar refractivity (Wildman–Crippen MR) is 112 cm³/mol. The molecule has 0 atom stereocenters. The average molecular weight is 375 g/mol. The van der Waals surface area contributed by atoms with E-state index >= 15 is 0 Å². The maximum atomic E-state index is 5.86. The first-order valence-corrected chi connectivity index (χ1v) is 10.8. The molecule has 0 aliphatic carbocycles. The van der Waals surface area contributed by atoms with Crippen molar-refractivity contribution in [3.05, 3.63) is 45.9 Å². The molecular weight excluding hydrogens is 340 g/mol. The summed E-state index contributed by atoms with van der Waals surface area (Å²) in [7, 11) is 0. The molecule has 144 valence electrons. The van der Waals surface area contributed by atoms with Crippen LogP contribution in [-0.2, 0) is 13.2 Å². The molecule has 0 N–H and O–H groups in total. The molecule has 0 unspecified atom stereocenters. The molecule has 4 heteroatoms. The normalized spacial score (nSPS) is 11.5. The number of nitrogens with zero attached hydrogens (tertiary/aromatic N) is 2. The Morgan fingerprint density at radius 2 is 1.88 bits per heavy atom. The van der Waals surface area contributed by atoms with Crippen molar-refractivity contribution < 1.29 is 4.74 Å². The van der Waals surface area contributed by atoms with Gasteiger partial charge in [-0.05, 0) is 37.9 Å². The SMILES string of the molecule is CCCCCCN(Cc1csc(COc2ccc(C)cc2)n1)CC(C)C. The third-order valence-corrected chi connectivity index (χ3v) is 5.19. The second-order valence-electron chi connectivity index (χ2n) is 7.52. The summed E-state index contributed by atoms with van der Waals surface area (Å²) in [5, 5.41) is 3.24. The van der Waals surface area contributed by atoms with Crippen LogP contribution in [0, 0.1) is 12.8 Å². The Labute approximate surface area is 163 Å². The topological polar surface area (TPSA) is 25.4 Å². The standard InChI is InChI=1S/C22H34N2OS/c1-5-6-7-8-13-24(14-18(2)3)15-20-17-26-22(23-20)16-25-21-11-9-19(4)10-12-21/h9-12,17-18H,5-8,13-16H2,1-4H3. The number of hydrogen-bond acceptors (Lipinski definition) is 4. The van der Waals surface area contributed by atoms with E-state index in [1.807, 2.05) is 12.1 Å². The van der Waals surface area contributed by atoms with Gasteiger partial charge in [-0.3, -0.25) is 4.90 Å². The highest BCUT2D eigenvalue weighted by Gasteiger charge is 2.11. The molecule has 0 radical (unpaired) electrons. The quantitative estimate of drug-likeness (QED) is 0.422. The van der Waals surface area contributed by atoms with Crippen molar-refractivity contribution in [3.63, 3.8) is 0 Å². The number of aromatic nitrogens is 1. The van der Waals surface area contributed by atoms with Crippen LogP contribution in [0.15, 0.2) is 29.6 Å². The molecule has 1 aromatic heterocycles. The molecule has 3 nitrogen and oxygen atoms in total. The van der Waals surface area contributed by atoms with E-state index in [0.29, 0.717) is 12.5 Å². The van der Waals surface area contributed by atoms with Crippen molar-refractivity contribution in [3.8, 4) is 5.75 Å².